The van der Waals surface area contributed by atoms with Crippen molar-refractivity contribution in [1.82, 2.24) is 5.32 Å². The maximum atomic E-state index is 6.01. The summed E-state index contributed by atoms with van der Waals surface area (Å²) in [6.07, 6.45) is 1.08. The van der Waals surface area contributed by atoms with Crippen molar-refractivity contribution in [3.05, 3.63) is 28.2 Å². The molecule has 1 rings (SSSR count). The fraction of sp³-hybridized carbons (Fsp3) is 0.647. The number of nitrogens with one attached hydrogen (secondary N) is 1. The molecule has 0 amide bonds. The van der Waals surface area contributed by atoms with Gasteiger partial charge in [-0.05, 0) is 59.4 Å². The second kappa shape index (κ2) is 8.16. The lowest BCUT2D eigenvalue weighted by Crippen LogP contribution is -2.48. The van der Waals surface area contributed by atoms with Crippen LogP contribution in [0.3, 0.4) is 0 Å². The quantitative estimate of drug-likeness (QED) is 0.798. The van der Waals surface area contributed by atoms with E-state index in [4.69, 9.17) is 9.47 Å². The van der Waals surface area contributed by atoms with Gasteiger partial charge in [0.1, 0.15) is 5.75 Å². The molecule has 0 aliphatic heterocycles. The zero-order chi connectivity index (χ0) is 16.0. The molecule has 0 saturated carbocycles. The van der Waals surface area contributed by atoms with Crippen molar-refractivity contribution in [2.75, 3.05) is 20.8 Å². The average Bonchev–Trinajstić information content (AvgIpc) is 2.41. The van der Waals surface area contributed by atoms with E-state index in [0.717, 1.165) is 23.2 Å². The van der Waals surface area contributed by atoms with Crippen LogP contribution in [0.4, 0.5) is 0 Å². The van der Waals surface area contributed by atoms with E-state index in [1.807, 2.05) is 13.1 Å². The van der Waals surface area contributed by atoms with E-state index in [9.17, 15) is 0 Å². The normalized spacial score (nSPS) is 14.8. The molecule has 0 radical (unpaired) electrons. The Kier molecular flexibility index (Phi) is 7.17. The third-order valence-corrected chi connectivity index (χ3v) is 4.23. The molecule has 2 unspecified atom stereocenters. The van der Waals surface area contributed by atoms with Crippen LogP contribution in [0.15, 0.2) is 22.7 Å². The van der Waals surface area contributed by atoms with Crippen LogP contribution in [0.25, 0.3) is 0 Å². The van der Waals surface area contributed by atoms with Gasteiger partial charge in [-0.1, -0.05) is 26.8 Å². The highest BCUT2D eigenvalue weighted by atomic mass is 79.9. The molecule has 0 saturated heterocycles. The van der Waals surface area contributed by atoms with Crippen molar-refractivity contribution in [3.8, 4) is 5.75 Å². The molecule has 1 N–H and O–H groups in total. The molecule has 0 bridgehead atoms. The maximum Gasteiger partial charge on any atom is 0.133 e. The standard InChI is InChI=1S/C17H28BrNO2/c1-7-21-16(17(2,3)4)14(19-5)11-12-8-9-15(20-6)13(18)10-12/h8-10,14,16,19H,7,11H2,1-6H3. The third-order valence-electron chi connectivity index (χ3n) is 3.61. The molecule has 3 nitrogen and oxygen atoms in total. The van der Waals surface area contributed by atoms with Gasteiger partial charge in [0, 0.05) is 12.6 Å². The summed E-state index contributed by atoms with van der Waals surface area (Å²) < 4.78 is 12.3. The number of ether oxygens (including phenoxy) is 2. The molecule has 0 heterocycles. The largest absolute Gasteiger partial charge is 0.496 e. The lowest BCUT2D eigenvalue weighted by atomic mass is 9.82. The Hall–Kier alpha value is -0.580. The smallest absolute Gasteiger partial charge is 0.133 e. The zero-order valence-corrected chi connectivity index (χ0v) is 15.6. The first kappa shape index (κ1) is 18.5. The predicted molar refractivity (Wildman–Crippen MR) is 92.1 cm³/mol. The van der Waals surface area contributed by atoms with Crippen LogP contribution in [0.5, 0.6) is 5.75 Å². The first-order valence-corrected chi connectivity index (χ1v) is 8.24. The van der Waals surface area contributed by atoms with E-state index < -0.39 is 0 Å². The Morgan fingerprint density at radius 2 is 1.95 bits per heavy atom. The summed E-state index contributed by atoms with van der Waals surface area (Å²) in [5.41, 5.74) is 1.35. The molecular weight excluding hydrogens is 330 g/mol. The van der Waals surface area contributed by atoms with E-state index >= 15 is 0 Å². The molecular formula is C17H28BrNO2. The minimum Gasteiger partial charge on any atom is -0.496 e. The Bertz CT molecular complexity index is 443. The lowest BCUT2D eigenvalue weighted by Gasteiger charge is -2.37. The molecule has 21 heavy (non-hydrogen) atoms. The Morgan fingerprint density at radius 3 is 2.38 bits per heavy atom. The van der Waals surface area contributed by atoms with Crippen molar-refractivity contribution in [3.63, 3.8) is 0 Å². The summed E-state index contributed by atoms with van der Waals surface area (Å²) in [6.45, 7) is 9.45. The molecule has 0 aliphatic rings. The lowest BCUT2D eigenvalue weighted by molar-refractivity contribution is -0.0340. The number of hydrogen-bond donors (Lipinski definition) is 1. The topological polar surface area (TPSA) is 30.5 Å². The number of likely N-dealkylation sites (N-methyl/N-ethyl adjacent to an activating group) is 1. The van der Waals surface area contributed by atoms with E-state index in [0.29, 0.717) is 0 Å². The monoisotopic (exact) mass is 357 g/mol. The van der Waals surface area contributed by atoms with Crippen LogP contribution in [0.1, 0.15) is 33.3 Å². The van der Waals surface area contributed by atoms with Crippen molar-refractivity contribution < 1.29 is 9.47 Å². The van der Waals surface area contributed by atoms with Gasteiger partial charge in [-0.15, -0.1) is 0 Å². The highest BCUT2D eigenvalue weighted by molar-refractivity contribution is 9.10. The van der Waals surface area contributed by atoms with E-state index in [-0.39, 0.29) is 17.6 Å². The summed E-state index contributed by atoms with van der Waals surface area (Å²) in [5, 5.41) is 3.42. The highest BCUT2D eigenvalue weighted by Gasteiger charge is 2.32. The van der Waals surface area contributed by atoms with Crippen LogP contribution < -0.4 is 10.1 Å². The fourth-order valence-corrected chi connectivity index (χ4v) is 3.19. The summed E-state index contributed by atoms with van der Waals surface area (Å²) in [5.74, 6) is 0.858. The van der Waals surface area contributed by atoms with Crippen LogP contribution in [0.2, 0.25) is 0 Å². The second-order valence-electron chi connectivity index (χ2n) is 6.31. The Morgan fingerprint density at radius 1 is 1.29 bits per heavy atom. The summed E-state index contributed by atoms with van der Waals surface area (Å²) in [6, 6.07) is 6.50. The summed E-state index contributed by atoms with van der Waals surface area (Å²) in [4.78, 5) is 0. The van der Waals surface area contributed by atoms with Gasteiger partial charge in [0.15, 0.2) is 0 Å². The van der Waals surface area contributed by atoms with Crippen LogP contribution >= 0.6 is 15.9 Å². The zero-order valence-electron chi connectivity index (χ0n) is 14.0. The van der Waals surface area contributed by atoms with Gasteiger partial charge in [0.05, 0.1) is 17.7 Å². The van der Waals surface area contributed by atoms with Crippen molar-refractivity contribution in [2.45, 2.75) is 46.3 Å². The van der Waals surface area contributed by atoms with Gasteiger partial charge >= 0.3 is 0 Å². The molecule has 0 spiro atoms. The molecule has 1 aromatic carbocycles. The molecule has 1 aromatic rings. The number of halogens is 1. The van der Waals surface area contributed by atoms with E-state index in [1.54, 1.807) is 7.11 Å². The van der Waals surface area contributed by atoms with Crippen LogP contribution in [0, 0.1) is 5.41 Å². The molecule has 0 aliphatic carbocycles. The third kappa shape index (κ3) is 5.28. The van der Waals surface area contributed by atoms with E-state index in [2.05, 4.69) is 61.1 Å². The molecule has 4 heteroatoms. The van der Waals surface area contributed by atoms with Crippen LogP contribution in [-0.2, 0) is 11.2 Å². The van der Waals surface area contributed by atoms with Gasteiger partial charge in [-0.3, -0.25) is 0 Å². The highest BCUT2D eigenvalue weighted by Crippen LogP contribution is 2.29. The Balaban J connectivity index is 2.92. The molecule has 0 aromatic heterocycles. The fourth-order valence-electron chi connectivity index (χ4n) is 2.60. The van der Waals surface area contributed by atoms with E-state index in [1.165, 1.54) is 5.56 Å². The molecule has 120 valence electrons. The number of benzene rings is 1. The van der Waals surface area contributed by atoms with Crippen molar-refractivity contribution in [2.24, 2.45) is 5.41 Å². The van der Waals surface area contributed by atoms with Gasteiger partial charge in [0.25, 0.3) is 0 Å². The second-order valence-corrected chi connectivity index (χ2v) is 7.16. The summed E-state index contributed by atoms with van der Waals surface area (Å²) in [7, 11) is 3.68. The van der Waals surface area contributed by atoms with Gasteiger partial charge in [-0.25, -0.2) is 0 Å². The molecule has 0 fully saturated rings. The minimum absolute atomic E-state index is 0.0907. The average molecular weight is 358 g/mol. The van der Waals surface area contributed by atoms with Crippen LogP contribution in [-0.4, -0.2) is 32.9 Å². The predicted octanol–water partition coefficient (Wildman–Crippen LogP) is 4.04. The first-order valence-electron chi connectivity index (χ1n) is 7.44. The van der Waals surface area contributed by atoms with Gasteiger partial charge < -0.3 is 14.8 Å². The molecule has 2 atom stereocenters. The number of methoxy groups -OCH3 is 1. The maximum absolute atomic E-state index is 6.01. The van der Waals surface area contributed by atoms with Crippen molar-refractivity contribution in [1.29, 1.82) is 0 Å². The Labute approximate surface area is 137 Å². The number of rotatable bonds is 7. The van der Waals surface area contributed by atoms with Gasteiger partial charge in [-0.2, -0.15) is 0 Å². The first-order chi connectivity index (χ1) is 9.83. The summed E-state index contributed by atoms with van der Waals surface area (Å²) >= 11 is 3.55. The minimum atomic E-state index is 0.0907. The number of hydrogen-bond acceptors (Lipinski definition) is 3. The van der Waals surface area contributed by atoms with Gasteiger partial charge in [0.2, 0.25) is 0 Å². The van der Waals surface area contributed by atoms with Crippen molar-refractivity contribution >= 4 is 15.9 Å². The SMILES string of the molecule is CCOC(C(Cc1ccc(OC)c(Br)c1)NC)C(C)(C)C.